The lowest BCUT2D eigenvalue weighted by molar-refractivity contribution is -0.145. The second-order valence-electron chi connectivity index (χ2n) is 6.59. The number of carbonyl (C=O) groups excluding carboxylic acids is 1. The van der Waals surface area contributed by atoms with Crippen LogP contribution in [0.3, 0.4) is 0 Å². The average molecular weight is 305 g/mol. The third-order valence-corrected chi connectivity index (χ3v) is 4.70. The summed E-state index contributed by atoms with van der Waals surface area (Å²) in [7, 11) is 0. The fourth-order valence-electron chi connectivity index (χ4n) is 3.31. The fourth-order valence-corrected chi connectivity index (χ4v) is 3.31. The second-order valence-corrected chi connectivity index (χ2v) is 6.59. The van der Waals surface area contributed by atoms with Crippen molar-refractivity contribution < 1.29 is 9.53 Å². The first-order valence-electron chi connectivity index (χ1n) is 9.03. The molecule has 0 aromatic carbocycles. The highest BCUT2D eigenvalue weighted by molar-refractivity contribution is 5.71. The molecule has 0 amide bonds. The minimum atomic E-state index is -0.0565. The standard InChI is InChI=1S/C19H31NO2/c1-2-3-4-5-6-9-14-22-19(21)16-20-13-12-17-10-7-8-11-18(17)15-20/h7-8,11,17H,2-6,9-10,12-16H2,1H3. The molecule has 1 aliphatic heterocycles. The number of piperidine rings is 1. The Hall–Kier alpha value is -1.09. The maximum Gasteiger partial charge on any atom is 0.320 e. The average Bonchev–Trinajstić information content (AvgIpc) is 2.54. The van der Waals surface area contributed by atoms with Gasteiger partial charge in [0.1, 0.15) is 0 Å². The first-order valence-corrected chi connectivity index (χ1v) is 9.03. The second kappa shape index (κ2) is 9.83. The van der Waals surface area contributed by atoms with Crippen LogP contribution in [0.1, 0.15) is 58.3 Å². The summed E-state index contributed by atoms with van der Waals surface area (Å²) in [5.41, 5.74) is 1.48. The zero-order valence-electron chi connectivity index (χ0n) is 14.1. The maximum absolute atomic E-state index is 11.9. The number of nitrogens with zero attached hydrogens (tertiary/aromatic N) is 1. The van der Waals surface area contributed by atoms with Crippen LogP contribution < -0.4 is 0 Å². The van der Waals surface area contributed by atoms with Crippen molar-refractivity contribution in [1.82, 2.24) is 4.90 Å². The number of rotatable bonds is 9. The SMILES string of the molecule is CCCCCCCCOC(=O)CN1CCC2CC=CC=C2C1. The smallest absolute Gasteiger partial charge is 0.320 e. The van der Waals surface area contributed by atoms with Gasteiger partial charge in [-0.3, -0.25) is 9.69 Å². The van der Waals surface area contributed by atoms with Crippen LogP contribution >= 0.6 is 0 Å². The molecule has 1 atom stereocenters. The van der Waals surface area contributed by atoms with Crippen molar-refractivity contribution in [3.05, 3.63) is 23.8 Å². The van der Waals surface area contributed by atoms with E-state index in [-0.39, 0.29) is 5.97 Å². The maximum atomic E-state index is 11.9. The van der Waals surface area contributed by atoms with Gasteiger partial charge in [0.2, 0.25) is 0 Å². The Morgan fingerprint density at radius 1 is 1.27 bits per heavy atom. The molecule has 0 aromatic rings. The highest BCUT2D eigenvalue weighted by atomic mass is 16.5. The molecule has 0 N–H and O–H groups in total. The van der Waals surface area contributed by atoms with Gasteiger partial charge in [-0.05, 0) is 31.7 Å². The van der Waals surface area contributed by atoms with Gasteiger partial charge in [0.05, 0.1) is 13.2 Å². The van der Waals surface area contributed by atoms with Gasteiger partial charge < -0.3 is 4.74 Å². The lowest BCUT2D eigenvalue weighted by Gasteiger charge is -2.34. The predicted molar refractivity (Wildman–Crippen MR) is 90.7 cm³/mol. The van der Waals surface area contributed by atoms with Crippen molar-refractivity contribution >= 4 is 5.97 Å². The largest absolute Gasteiger partial charge is 0.465 e. The normalized spacial score (nSPS) is 21.3. The highest BCUT2D eigenvalue weighted by Gasteiger charge is 2.25. The van der Waals surface area contributed by atoms with Crippen molar-refractivity contribution in [2.75, 3.05) is 26.2 Å². The van der Waals surface area contributed by atoms with Crippen molar-refractivity contribution in [2.24, 2.45) is 5.92 Å². The van der Waals surface area contributed by atoms with E-state index >= 15 is 0 Å². The van der Waals surface area contributed by atoms with E-state index < -0.39 is 0 Å². The topological polar surface area (TPSA) is 29.5 Å². The molecule has 22 heavy (non-hydrogen) atoms. The van der Waals surface area contributed by atoms with Gasteiger partial charge >= 0.3 is 5.97 Å². The summed E-state index contributed by atoms with van der Waals surface area (Å²) < 4.78 is 5.37. The summed E-state index contributed by atoms with van der Waals surface area (Å²) in [6.07, 6.45) is 16.3. The number of likely N-dealkylation sites (tertiary alicyclic amines) is 1. The summed E-state index contributed by atoms with van der Waals surface area (Å²) >= 11 is 0. The molecule has 0 saturated carbocycles. The van der Waals surface area contributed by atoms with Crippen LogP contribution in [0.15, 0.2) is 23.8 Å². The van der Waals surface area contributed by atoms with Gasteiger partial charge in [-0.2, -0.15) is 0 Å². The van der Waals surface area contributed by atoms with E-state index in [2.05, 4.69) is 30.1 Å². The Morgan fingerprint density at radius 3 is 2.95 bits per heavy atom. The van der Waals surface area contributed by atoms with Crippen LogP contribution in [0, 0.1) is 5.92 Å². The van der Waals surface area contributed by atoms with Gasteiger partial charge in [0.15, 0.2) is 0 Å². The van der Waals surface area contributed by atoms with E-state index in [0.29, 0.717) is 19.1 Å². The number of carbonyl (C=O) groups is 1. The monoisotopic (exact) mass is 305 g/mol. The van der Waals surface area contributed by atoms with E-state index in [9.17, 15) is 4.79 Å². The van der Waals surface area contributed by atoms with Crippen LogP contribution in [0.2, 0.25) is 0 Å². The number of hydrogen-bond acceptors (Lipinski definition) is 3. The molecule has 124 valence electrons. The third kappa shape index (κ3) is 5.96. The predicted octanol–water partition coefficient (Wildman–Crippen LogP) is 4.10. The fraction of sp³-hybridized carbons (Fsp3) is 0.737. The zero-order valence-corrected chi connectivity index (χ0v) is 14.1. The van der Waals surface area contributed by atoms with Gasteiger partial charge in [-0.1, -0.05) is 62.8 Å². The Balaban J connectivity index is 1.55. The minimum absolute atomic E-state index is 0.0565. The van der Waals surface area contributed by atoms with Crippen molar-refractivity contribution in [3.8, 4) is 0 Å². The first kappa shape index (κ1) is 17.3. The Bertz CT molecular complexity index is 400. The Morgan fingerprint density at radius 2 is 2.09 bits per heavy atom. The van der Waals surface area contributed by atoms with Crippen molar-refractivity contribution in [3.63, 3.8) is 0 Å². The molecule has 3 heteroatoms. The van der Waals surface area contributed by atoms with Crippen LogP contribution in [0.4, 0.5) is 0 Å². The molecule has 0 spiro atoms. The van der Waals surface area contributed by atoms with Crippen molar-refractivity contribution in [1.29, 1.82) is 0 Å². The number of esters is 1. The molecular weight excluding hydrogens is 274 g/mol. The van der Waals surface area contributed by atoms with E-state index in [1.165, 1.54) is 50.5 Å². The van der Waals surface area contributed by atoms with Gasteiger partial charge in [-0.25, -0.2) is 0 Å². The Labute approximate surface area is 135 Å². The zero-order chi connectivity index (χ0) is 15.6. The minimum Gasteiger partial charge on any atom is -0.465 e. The number of hydrogen-bond donors (Lipinski definition) is 0. The lowest BCUT2D eigenvalue weighted by atomic mass is 9.85. The highest BCUT2D eigenvalue weighted by Crippen LogP contribution is 2.28. The molecule has 1 aliphatic carbocycles. The Kier molecular flexibility index (Phi) is 7.72. The van der Waals surface area contributed by atoms with E-state index in [1.54, 1.807) is 0 Å². The molecule has 1 saturated heterocycles. The van der Waals surface area contributed by atoms with Crippen molar-refractivity contribution in [2.45, 2.75) is 58.3 Å². The number of allylic oxidation sites excluding steroid dienone is 3. The van der Waals surface area contributed by atoms with Crippen LogP contribution in [0.5, 0.6) is 0 Å². The van der Waals surface area contributed by atoms with Crippen LogP contribution in [0.25, 0.3) is 0 Å². The number of fused-ring (bicyclic) bond motifs is 1. The summed E-state index contributed by atoms with van der Waals surface area (Å²) in [4.78, 5) is 14.1. The quantitative estimate of drug-likeness (QED) is 0.474. The van der Waals surface area contributed by atoms with E-state index in [4.69, 9.17) is 4.74 Å². The molecule has 1 heterocycles. The van der Waals surface area contributed by atoms with Crippen LogP contribution in [-0.4, -0.2) is 37.1 Å². The molecule has 2 rings (SSSR count). The molecule has 0 radical (unpaired) electrons. The molecular formula is C19H31NO2. The van der Waals surface area contributed by atoms with Gasteiger partial charge in [0.25, 0.3) is 0 Å². The third-order valence-electron chi connectivity index (χ3n) is 4.70. The van der Waals surface area contributed by atoms with E-state index in [0.717, 1.165) is 19.5 Å². The lowest BCUT2D eigenvalue weighted by Crippen LogP contribution is -2.39. The molecule has 1 unspecified atom stereocenters. The molecule has 3 nitrogen and oxygen atoms in total. The molecule has 0 aromatic heterocycles. The number of ether oxygens (including phenoxy) is 1. The summed E-state index contributed by atoms with van der Waals surface area (Å²) in [6.45, 7) is 5.21. The first-order chi connectivity index (χ1) is 10.8. The van der Waals surface area contributed by atoms with Crippen LogP contribution in [-0.2, 0) is 9.53 Å². The molecule has 2 aliphatic rings. The summed E-state index contributed by atoms with van der Waals surface area (Å²) in [6, 6.07) is 0. The number of unbranched alkanes of at least 4 members (excludes halogenated alkanes) is 5. The summed E-state index contributed by atoms with van der Waals surface area (Å²) in [5.74, 6) is 0.652. The van der Waals surface area contributed by atoms with Gasteiger partial charge in [-0.15, -0.1) is 0 Å². The summed E-state index contributed by atoms with van der Waals surface area (Å²) in [5, 5.41) is 0. The molecule has 1 fully saturated rings. The molecule has 0 bridgehead atoms. The van der Waals surface area contributed by atoms with E-state index in [1.807, 2.05) is 0 Å². The van der Waals surface area contributed by atoms with Gasteiger partial charge in [0, 0.05) is 6.54 Å².